The van der Waals surface area contributed by atoms with Gasteiger partial charge in [0.1, 0.15) is 5.69 Å². The predicted molar refractivity (Wildman–Crippen MR) is 69.8 cm³/mol. The Bertz CT molecular complexity index is 440. The summed E-state index contributed by atoms with van der Waals surface area (Å²) in [5.41, 5.74) is 0.349. The highest BCUT2D eigenvalue weighted by molar-refractivity contribution is 7.14. The smallest absolute Gasteiger partial charge is 0.270 e. The molecule has 1 aliphatic rings. The Morgan fingerprint density at radius 2 is 2.44 bits per heavy atom. The van der Waals surface area contributed by atoms with Gasteiger partial charge in [-0.2, -0.15) is 0 Å². The maximum Gasteiger partial charge on any atom is 0.270 e. The van der Waals surface area contributed by atoms with Crippen molar-refractivity contribution >= 4 is 28.3 Å². The van der Waals surface area contributed by atoms with Crippen LogP contribution in [0.15, 0.2) is 5.38 Å². The number of carbonyl (C=O) groups is 2. The highest BCUT2D eigenvalue weighted by atomic mass is 32.1. The number of rotatable bonds is 4. The number of aromatic nitrogens is 1. The van der Waals surface area contributed by atoms with Crippen LogP contribution < -0.4 is 16.0 Å². The van der Waals surface area contributed by atoms with Crippen molar-refractivity contribution in [2.24, 2.45) is 0 Å². The Morgan fingerprint density at radius 3 is 3.11 bits per heavy atom. The van der Waals surface area contributed by atoms with Gasteiger partial charge in [0.2, 0.25) is 5.91 Å². The van der Waals surface area contributed by atoms with Crippen LogP contribution in [0.1, 0.15) is 30.3 Å². The number of amides is 2. The summed E-state index contributed by atoms with van der Waals surface area (Å²) in [6, 6.07) is 0.363. The molecule has 2 amide bonds. The zero-order chi connectivity index (χ0) is 13.0. The number of hydrogen-bond acceptors (Lipinski definition) is 5. The molecule has 6 nitrogen and oxygen atoms in total. The van der Waals surface area contributed by atoms with Crippen LogP contribution in [0.4, 0.5) is 5.13 Å². The van der Waals surface area contributed by atoms with Crippen LogP contribution in [-0.2, 0) is 4.79 Å². The van der Waals surface area contributed by atoms with Crippen LogP contribution in [0.2, 0.25) is 0 Å². The van der Waals surface area contributed by atoms with Crippen molar-refractivity contribution in [3.63, 3.8) is 0 Å². The van der Waals surface area contributed by atoms with Crippen molar-refractivity contribution in [3.8, 4) is 0 Å². The molecule has 3 N–H and O–H groups in total. The first kappa shape index (κ1) is 13.0. The van der Waals surface area contributed by atoms with Gasteiger partial charge < -0.3 is 16.0 Å². The maximum absolute atomic E-state index is 11.8. The van der Waals surface area contributed by atoms with Crippen LogP contribution >= 0.6 is 11.3 Å². The molecule has 0 saturated carbocycles. The fourth-order valence-electron chi connectivity index (χ4n) is 1.82. The van der Waals surface area contributed by atoms with Crippen LogP contribution in [0.5, 0.6) is 0 Å². The van der Waals surface area contributed by atoms with Gasteiger partial charge in [-0.15, -0.1) is 11.3 Å². The van der Waals surface area contributed by atoms with E-state index < -0.39 is 0 Å². The van der Waals surface area contributed by atoms with E-state index in [9.17, 15) is 9.59 Å². The Morgan fingerprint density at radius 1 is 1.61 bits per heavy atom. The third-order valence-corrected chi connectivity index (χ3v) is 3.45. The molecular weight excluding hydrogens is 252 g/mol. The minimum Gasteiger partial charge on any atom is -0.349 e. The van der Waals surface area contributed by atoms with Gasteiger partial charge in [0.25, 0.3) is 5.91 Å². The van der Waals surface area contributed by atoms with Crippen LogP contribution in [0.25, 0.3) is 0 Å². The Balaban J connectivity index is 1.84. The average Bonchev–Trinajstić information content (AvgIpc) is 2.95. The molecule has 2 rings (SSSR count). The zero-order valence-electron chi connectivity index (χ0n) is 10.2. The minimum atomic E-state index is -0.198. The molecule has 1 aliphatic heterocycles. The molecule has 1 unspecified atom stereocenters. The highest BCUT2D eigenvalue weighted by Crippen LogP contribution is 2.15. The van der Waals surface area contributed by atoms with E-state index >= 15 is 0 Å². The molecule has 0 bridgehead atoms. The monoisotopic (exact) mass is 268 g/mol. The molecule has 1 saturated heterocycles. The molecule has 1 aromatic heterocycles. The van der Waals surface area contributed by atoms with E-state index in [1.54, 1.807) is 5.38 Å². The lowest BCUT2D eigenvalue weighted by molar-refractivity contribution is -0.114. The number of hydrogen-bond donors (Lipinski definition) is 3. The third-order valence-electron chi connectivity index (χ3n) is 2.69. The Hall–Kier alpha value is -1.47. The molecule has 0 spiro atoms. The third kappa shape index (κ3) is 3.51. The molecule has 1 aromatic rings. The van der Waals surface area contributed by atoms with E-state index in [-0.39, 0.29) is 11.8 Å². The van der Waals surface area contributed by atoms with Gasteiger partial charge in [-0.25, -0.2) is 4.98 Å². The summed E-state index contributed by atoms with van der Waals surface area (Å²) in [6.45, 7) is 3.04. The highest BCUT2D eigenvalue weighted by Gasteiger charge is 2.16. The standard InChI is InChI=1S/C11H16N4O2S/c1-7(16)14-11-15-9(6-18-11)10(17)13-5-8-3-2-4-12-8/h6,8,12H,2-5H2,1H3,(H,13,17)(H,14,15,16). The molecule has 7 heteroatoms. The summed E-state index contributed by atoms with van der Waals surface area (Å²) < 4.78 is 0. The first-order valence-electron chi connectivity index (χ1n) is 5.90. The number of carbonyl (C=O) groups excluding carboxylic acids is 2. The zero-order valence-corrected chi connectivity index (χ0v) is 11.0. The van der Waals surface area contributed by atoms with E-state index in [1.165, 1.54) is 18.3 Å². The molecule has 0 aromatic carbocycles. The first-order chi connectivity index (χ1) is 8.65. The van der Waals surface area contributed by atoms with E-state index in [0.717, 1.165) is 19.4 Å². The van der Waals surface area contributed by atoms with E-state index in [2.05, 4.69) is 20.9 Å². The van der Waals surface area contributed by atoms with Crippen LogP contribution in [0, 0.1) is 0 Å². The second-order valence-electron chi connectivity index (χ2n) is 4.22. The quantitative estimate of drug-likeness (QED) is 0.746. The molecular formula is C11H16N4O2S. The van der Waals surface area contributed by atoms with E-state index in [0.29, 0.717) is 23.4 Å². The lowest BCUT2D eigenvalue weighted by Crippen LogP contribution is -2.37. The predicted octanol–water partition coefficient (Wildman–Crippen LogP) is 0.583. The van der Waals surface area contributed by atoms with Gasteiger partial charge >= 0.3 is 0 Å². The van der Waals surface area contributed by atoms with Gasteiger partial charge in [0.05, 0.1) is 0 Å². The number of nitrogens with one attached hydrogen (secondary N) is 3. The lowest BCUT2D eigenvalue weighted by atomic mass is 10.2. The van der Waals surface area contributed by atoms with Crippen molar-refractivity contribution in [3.05, 3.63) is 11.1 Å². The van der Waals surface area contributed by atoms with Crippen molar-refractivity contribution in [1.29, 1.82) is 0 Å². The summed E-state index contributed by atoms with van der Waals surface area (Å²) in [5, 5.41) is 10.8. The number of nitrogens with zero attached hydrogens (tertiary/aromatic N) is 1. The van der Waals surface area contributed by atoms with Gasteiger partial charge in [0.15, 0.2) is 5.13 Å². The SMILES string of the molecule is CC(=O)Nc1nc(C(=O)NCC2CCCN2)cs1. The van der Waals surface area contributed by atoms with Gasteiger partial charge in [-0.05, 0) is 19.4 Å². The average molecular weight is 268 g/mol. The van der Waals surface area contributed by atoms with Crippen LogP contribution in [0.3, 0.4) is 0 Å². The van der Waals surface area contributed by atoms with Crippen molar-refractivity contribution < 1.29 is 9.59 Å². The largest absolute Gasteiger partial charge is 0.349 e. The van der Waals surface area contributed by atoms with Gasteiger partial charge in [-0.3, -0.25) is 9.59 Å². The maximum atomic E-state index is 11.8. The summed E-state index contributed by atoms with van der Waals surface area (Å²) in [5.74, 6) is -0.386. The molecule has 1 atom stereocenters. The molecule has 18 heavy (non-hydrogen) atoms. The summed E-state index contributed by atoms with van der Waals surface area (Å²) in [6.07, 6.45) is 2.25. The summed E-state index contributed by atoms with van der Waals surface area (Å²) in [7, 11) is 0. The second kappa shape index (κ2) is 5.92. The normalized spacial score (nSPS) is 18.6. The summed E-state index contributed by atoms with van der Waals surface area (Å²) in [4.78, 5) is 26.7. The Kier molecular flexibility index (Phi) is 4.27. The molecule has 0 aliphatic carbocycles. The molecule has 1 fully saturated rings. The number of thiazole rings is 1. The Labute approximate surface area is 109 Å². The summed E-state index contributed by atoms with van der Waals surface area (Å²) >= 11 is 1.24. The minimum absolute atomic E-state index is 0.188. The second-order valence-corrected chi connectivity index (χ2v) is 5.08. The molecule has 2 heterocycles. The van der Waals surface area contributed by atoms with E-state index in [4.69, 9.17) is 0 Å². The fraction of sp³-hybridized carbons (Fsp3) is 0.545. The molecule has 0 radical (unpaired) electrons. The molecule has 98 valence electrons. The topological polar surface area (TPSA) is 83.1 Å². The van der Waals surface area contributed by atoms with Gasteiger partial charge in [-0.1, -0.05) is 0 Å². The van der Waals surface area contributed by atoms with E-state index in [1.807, 2.05) is 0 Å². The van der Waals surface area contributed by atoms with Crippen LogP contribution in [-0.4, -0.2) is 35.9 Å². The fourth-order valence-corrected chi connectivity index (χ4v) is 2.56. The van der Waals surface area contributed by atoms with Gasteiger partial charge in [0, 0.05) is 24.9 Å². The van der Waals surface area contributed by atoms with Crippen molar-refractivity contribution in [2.75, 3.05) is 18.4 Å². The number of anilines is 1. The van der Waals surface area contributed by atoms with Crippen molar-refractivity contribution in [2.45, 2.75) is 25.8 Å². The lowest BCUT2D eigenvalue weighted by Gasteiger charge is -2.10. The first-order valence-corrected chi connectivity index (χ1v) is 6.78. The van der Waals surface area contributed by atoms with Crippen molar-refractivity contribution in [1.82, 2.24) is 15.6 Å².